The van der Waals surface area contributed by atoms with Crippen LogP contribution in [0.3, 0.4) is 0 Å². The molecule has 186 valence electrons. The van der Waals surface area contributed by atoms with Crippen LogP contribution in [0.2, 0.25) is 0 Å². The number of nitrogen functional groups attached to an aromatic ring is 1. The molecule has 0 aliphatic heterocycles. The minimum Gasteiger partial charge on any atom is -0.457 e. The fraction of sp³-hybridized carbons (Fsp3) is 0.233. The maximum absolute atomic E-state index is 6.38. The molecule has 7 nitrogen and oxygen atoms in total. The number of pyridine rings is 1. The molecule has 6 rings (SSSR count). The van der Waals surface area contributed by atoms with Crippen LogP contribution in [0.5, 0.6) is 11.5 Å². The van der Waals surface area contributed by atoms with E-state index in [1.54, 1.807) is 6.33 Å². The van der Waals surface area contributed by atoms with E-state index >= 15 is 0 Å². The average Bonchev–Trinajstić information content (AvgIpc) is 3.35. The summed E-state index contributed by atoms with van der Waals surface area (Å²) >= 11 is 0. The molecule has 0 radical (unpaired) electrons. The van der Waals surface area contributed by atoms with Gasteiger partial charge in [-0.2, -0.15) is 0 Å². The van der Waals surface area contributed by atoms with Crippen molar-refractivity contribution in [3.05, 3.63) is 97.2 Å². The normalized spacial score (nSPS) is 17.6. The number of nitrogens with two attached hydrogens (primary N) is 1. The highest BCUT2D eigenvalue weighted by atomic mass is 16.5. The lowest BCUT2D eigenvalue weighted by molar-refractivity contribution is 0.294. The summed E-state index contributed by atoms with van der Waals surface area (Å²) in [5, 5.41) is 4.63. The van der Waals surface area contributed by atoms with Crippen molar-refractivity contribution in [2.45, 2.75) is 44.3 Å². The van der Waals surface area contributed by atoms with Gasteiger partial charge in [-0.05, 0) is 73.2 Å². The van der Waals surface area contributed by atoms with Gasteiger partial charge in [-0.1, -0.05) is 30.3 Å². The van der Waals surface area contributed by atoms with Crippen molar-refractivity contribution >= 4 is 16.9 Å². The Kier molecular flexibility index (Phi) is 6.52. The van der Waals surface area contributed by atoms with Crippen molar-refractivity contribution in [3.8, 4) is 22.6 Å². The van der Waals surface area contributed by atoms with E-state index < -0.39 is 0 Å². The van der Waals surface area contributed by atoms with Gasteiger partial charge in [-0.3, -0.25) is 4.98 Å². The predicted octanol–water partition coefficient (Wildman–Crippen LogP) is 6.14. The summed E-state index contributed by atoms with van der Waals surface area (Å²) in [4.78, 5) is 13.1. The Morgan fingerprint density at radius 2 is 1.59 bits per heavy atom. The zero-order chi connectivity index (χ0) is 25.0. The highest BCUT2D eigenvalue weighted by molar-refractivity contribution is 6.00. The van der Waals surface area contributed by atoms with E-state index in [9.17, 15) is 0 Å². The third-order valence-corrected chi connectivity index (χ3v) is 7.22. The highest BCUT2D eigenvalue weighted by Crippen LogP contribution is 2.38. The highest BCUT2D eigenvalue weighted by Gasteiger charge is 2.25. The number of benzene rings is 2. The monoisotopic (exact) mass is 490 g/mol. The molecule has 2 aromatic carbocycles. The van der Waals surface area contributed by atoms with E-state index in [1.807, 2.05) is 54.9 Å². The summed E-state index contributed by atoms with van der Waals surface area (Å²) in [6, 6.07) is 23.0. The summed E-state index contributed by atoms with van der Waals surface area (Å²) in [6.07, 6.45) is 11.9. The first-order valence-electron chi connectivity index (χ1n) is 12.8. The molecule has 1 aliphatic carbocycles. The number of nitrogens with one attached hydrogen (secondary N) is 1. The molecular weight excluding hydrogens is 460 g/mol. The maximum atomic E-state index is 6.38. The number of anilines is 1. The summed E-state index contributed by atoms with van der Waals surface area (Å²) in [7, 11) is 0. The molecule has 0 spiro atoms. The Balaban J connectivity index is 1.20. The first-order valence-corrected chi connectivity index (χ1v) is 12.8. The molecule has 1 saturated carbocycles. The lowest BCUT2D eigenvalue weighted by Gasteiger charge is -2.30. The number of nitrogens with zero attached hydrogens (tertiary/aromatic N) is 4. The molecule has 3 heterocycles. The Hall–Kier alpha value is -4.23. The van der Waals surface area contributed by atoms with E-state index in [1.165, 1.54) is 5.56 Å². The molecule has 3 N–H and O–H groups in total. The number of aromatic nitrogens is 4. The second kappa shape index (κ2) is 10.4. The van der Waals surface area contributed by atoms with Crippen LogP contribution in [0.4, 0.5) is 5.82 Å². The van der Waals surface area contributed by atoms with E-state index in [-0.39, 0.29) is 0 Å². The van der Waals surface area contributed by atoms with Gasteiger partial charge in [0.1, 0.15) is 29.3 Å². The van der Waals surface area contributed by atoms with Gasteiger partial charge in [-0.25, -0.2) is 9.97 Å². The molecule has 5 aromatic rings. The van der Waals surface area contributed by atoms with Gasteiger partial charge in [0, 0.05) is 42.8 Å². The predicted molar refractivity (Wildman–Crippen MR) is 146 cm³/mol. The molecule has 0 unspecified atom stereocenters. The van der Waals surface area contributed by atoms with Crippen molar-refractivity contribution < 1.29 is 4.74 Å². The molecule has 0 bridgehead atoms. The summed E-state index contributed by atoms with van der Waals surface area (Å²) in [5.41, 5.74) is 10.7. The summed E-state index contributed by atoms with van der Waals surface area (Å²) in [5.74, 6) is 2.12. The Morgan fingerprint density at radius 1 is 0.865 bits per heavy atom. The minimum atomic E-state index is 0.380. The number of hydrogen-bond donors (Lipinski definition) is 2. The van der Waals surface area contributed by atoms with Crippen molar-refractivity contribution in [2.24, 2.45) is 0 Å². The van der Waals surface area contributed by atoms with E-state index in [0.29, 0.717) is 17.9 Å². The topological polar surface area (TPSA) is 90.9 Å². The third-order valence-electron chi connectivity index (χ3n) is 7.22. The fourth-order valence-electron chi connectivity index (χ4n) is 5.25. The van der Waals surface area contributed by atoms with Crippen molar-refractivity contribution in [1.29, 1.82) is 0 Å². The minimum absolute atomic E-state index is 0.380. The van der Waals surface area contributed by atoms with Crippen LogP contribution < -0.4 is 15.8 Å². The van der Waals surface area contributed by atoms with Gasteiger partial charge in [0.15, 0.2) is 0 Å². The number of hydrogen-bond acceptors (Lipinski definition) is 6. The van der Waals surface area contributed by atoms with Crippen molar-refractivity contribution in [3.63, 3.8) is 0 Å². The number of para-hydroxylation sites is 1. The maximum Gasteiger partial charge on any atom is 0.146 e. The average molecular weight is 491 g/mol. The number of rotatable bonds is 7. The molecule has 3 aromatic heterocycles. The second-order valence-electron chi connectivity index (χ2n) is 9.59. The summed E-state index contributed by atoms with van der Waals surface area (Å²) < 4.78 is 8.29. The molecule has 1 aliphatic rings. The lowest BCUT2D eigenvalue weighted by atomic mass is 9.91. The molecule has 1 fully saturated rings. The molecule has 37 heavy (non-hydrogen) atoms. The van der Waals surface area contributed by atoms with Gasteiger partial charge < -0.3 is 20.4 Å². The van der Waals surface area contributed by atoms with Crippen LogP contribution >= 0.6 is 0 Å². The van der Waals surface area contributed by atoms with Gasteiger partial charge in [0.2, 0.25) is 0 Å². The van der Waals surface area contributed by atoms with Crippen LogP contribution in [-0.4, -0.2) is 25.6 Å². The smallest absolute Gasteiger partial charge is 0.146 e. The quantitative estimate of drug-likeness (QED) is 0.285. The van der Waals surface area contributed by atoms with Gasteiger partial charge >= 0.3 is 0 Å². The van der Waals surface area contributed by atoms with Crippen LogP contribution in [0.15, 0.2) is 91.6 Å². The first-order chi connectivity index (χ1) is 18.2. The molecule has 7 heteroatoms. The van der Waals surface area contributed by atoms with E-state index in [2.05, 4.69) is 55.3 Å². The van der Waals surface area contributed by atoms with Crippen LogP contribution in [-0.2, 0) is 6.54 Å². The summed E-state index contributed by atoms with van der Waals surface area (Å²) in [6.45, 7) is 0.877. The Labute approximate surface area is 216 Å². The lowest BCUT2D eigenvalue weighted by Crippen LogP contribution is -2.33. The number of fused-ring (bicyclic) bond motifs is 1. The second-order valence-corrected chi connectivity index (χ2v) is 9.59. The van der Waals surface area contributed by atoms with E-state index in [4.69, 9.17) is 10.5 Å². The van der Waals surface area contributed by atoms with Gasteiger partial charge in [-0.15, -0.1) is 0 Å². The van der Waals surface area contributed by atoms with Crippen LogP contribution in [0.1, 0.15) is 37.3 Å². The molecule has 0 amide bonds. The zero-order valence-corrected chi connectivity index (χ0v) is 20.6. The zero-order valence-electron chi connectivity index (χ0n) is 20.6. The fourth-order valence-corrected chi connectivity index (χ4v) is 5.25. The van der Waals surface area contributed by atoms with Crippen molar-refractivity contribution in [1.82, 2.24) is 24.8 Å². The van der Waals surface area contributed by atoms with Crippen molar-refractivity contribution in [2.75, 3.05) is 5.73 Å². The van der Waals surface area contributed by atoms with Gasteiger partial charge in [0.25, 0.3) is 0 Å². The Bertz CT molecular complexity index is 1460. The number of ether oxygens (including phenoxy) is 1. The molecule has 0 saturated heterocycles. The first kappa shape index (κ1) is 23.2. The van der Waals surface area contributed by atoms with Gasteiger partial charge in [0.05, 0.1) is 5.39 Å². The van der Waals surface area contributed by atoms with E-state index in [0.717, 1.165) is 65.9 Å². The SMILES string of the molecule is Nc1ncnc2c1c(-c1ccc(Oc3ccccc3)cc1)cn2[C@H]1CC[C@@H](NCc2ccncc2)CC1. The standard InChI is InChI=1S/C30H30N6O/c31-29-28-27(22-6-12-26(13-7-22)37-25-4-2-1-3-5-25)19-36(30(28)35-20-34-29)24-10-8-23(9-11-24)33-18-21-14-16-32-17-15-21/h1-7,12-17,19-20,23-24,33H,8-11,18H2,(H2,31,34,35)/t23-,24+. The van der Waals surface area contributed by atoms with Crippen LogP contribution in [0.25, 0.3) is 22.2 Å². The largest absolute Gasteiger partial charge is 0.457 e. The van der Waals surface area contributed by atoms with Crippen LogP contribution in [0, 0.1) is 0 Å². The molecule has 0 atom stereocenters. The Morgan fingerprint density at radius 3 is 2.35 bits per heavy atom. The third kappa shape index (κ3) is 5.04. The molecular formula is C30H30N6O.